The summed E-state index contributed by atoms with van der Waals surface area (Å²) in [6, 6.07) is 15.3. The number of thioether (sulfide) groups is 1. The fraction of sp³-hybridized carbons (Fsp3) is 0.318. The topological polar surface area (TPSA) is 72.6 Å². The minimum atomic E-state index is -0.188. The maximum atomic E-state index is 13.1. The van der Waals surface area contributed by atoms with Gasteiger partial charge in [-0.2, -0.15) is 0 Å². The van der Waals surface area contributed by atoms with Crippen LogP contribution in [0.5, 0.6) is 0 Å². The van der Waals surface area contributed by atoms with Gasteiger partial charge in [-0.25, -0.2) is 4.98 Å². The third kappa shape index (κ3) is 4.29. The molecule has 0 saturated carbocycles. The molecule has 0 unspecified atom stereocenters. The first-order chi connectivity index (χ1) is 14.2. The van der Waals surface area contributed by atoms with Crippen molar-refractivity contribution in [3.05, 3.63) is 59.7 Å². The van der Waals surface area contributed by atoms with Crippen LogP contribution in [0.25, 0.3) is 11.1 Å². The minimum Gasteiger partial charge on any atom is -0.469 e. The van der Waals surface area contributed by atoms with Crippen LogP contribution in [0.3, 0.4) is 0 Å². The number of benzene rings is 2. The molecule has 4 rings (SSSR count). The molecule has 0 N–H and O–H groups in total. The van der Waals surface area contributed by atoms with Gasteiger partial charge in [0.05, 0.1) is 13.0 Å². The molecule has 1 saturated heterocycles. The Morgan fingerprint density at radius 2 is 1.86 bits per heavy atom. The molecule has 3 aromatic rings. The summed E-state index contributed by atoms with van der Waals surface area (Å²) >= 11 is 1.48. The molecule has 0 radical (unpaired) electrons. The van der Waals surface area contributed by atoms with Crippen LogP contribution >= 0.6 is 11.8 Å². The number of hydrogen-bond donors (Lipinski definition) is 0. The highest BCUT2D eigenvalue weighted by atomic mass is 32.2. The lowest BCUT2D eigenvalue weighted by Gasteiger charge is -2.31. The van der Waals surface area contributed by atoms with Gasteiger partial charge in [0.1, 0.15) is 5.52 Å². The first kappa shape index (κ1) is 19.5. The molecule has 0 spiro atoms. The van der Waals surface area contributed by atoms with Gasteiger partial charge in [0.25, 0.3) is 11.1 Å². The number of aromatic nitrogens is 1. The Balaban J connectivity index is 1.44. The quantitative estimate of drug-likeness (QED) is 0.465. The number of carbonyl (C=O) groups excluding carboxylic acids is 2. The summed E-state index contributed by atoms with van der Waals surface area (Å²) in [6.07, 6.45) is 1.27. The number of oxazole rings is 1. The van der Waals surface area contributed by atoms with E-state index >= 15 is 0 Å². The van der Waals surface area contributed by atoms with Gasteiger partial charge in [0.15, 0.2) is 5.58 Å². The zero-order valence-corrected chi connectivity index (χ0v) is 17.0. The molecule has 6 nitrogen and oxygen atoms in total. The van der Waals surface area contributed by atoms with Crippen LogP contribution in [0.4, 0.5) is 0 Å². The van der Waals surface area contributed by atoms with Gasteiger partial charge in [0, 0.05) is 24.4 Å². The fourth-order valence-corrected chi connectivity index (χ4v) is 4.40. The Morgan fingerprint density at radius 1 is 1.14 bits per heavy atom. The van der Waals surface area contributed by atoms with Gasteiger partial charge in [-0.1, -0.05) is 42.1 Å². The lowest BCUT2D eigenvalue weighted by molar-refractivity contribution is -0.146. The highest BCUT2D eigenvalue weighted by Crippen LogP contribution is 2.28. The molecule has 0 atom stereocenters. The molecule has 1 aliphatic heterocycles. The third-order valence-electron chi connectivity index (χ3n) is 5.19. The van der Waals surface area contributed by atoms with Crippen molar-refractivity contribution in [1.82, 2.24) is 9.88 Å². The summed E-state index contributed by atoms with van der Waals surface area (Å²) in [5, 5.41) is 0.590. The Bertz CT molecular complexity index is 991. The van der Waals surface area contributed by atoms with E-state index in [4.69, 9.17) is 9.15 Å². The number of methoxy groups -OCH3 is 1. The summed E-state index contributed by atoms with van der Waals surface area (Å²) in [6.45, 7) is 1.12. The number of likely N-dealkylation sites (tertiary alicyclic amines) is 1. The second-order valence-corrected chi connectivity index (χ2v) is 7.91. The average molecular weight is 410 g/mol. The fourth-order valence-electron chi connectivity index (χ4n) is 3.56. The number of rotatable bonds is 5. The smallest absolute Gasteiger partial charge is 0.308 e. The normalized spacial score (nSPS) is 14.9. The van der Waals surface area contributed by atoms with Crippen molar-refractivity contribution in [2.24, 2.45) is 5.92 Å². The zero-order valence-electron chi connectivity index (χ0n) is 16.2. The molecular formula is C22H22N2O4S. The lowest BCUT2D eigenvalue weighted by atomic mass is 9.96. The number of fused-ring (bicyclic) bond motifs is 1. The van der Waals surface area contributed by atoms with Gasteiger partial charge < -0.3 is 14.1 Å². The molecule has 1 amide bonds. The van der Waals surface area contributed by atoms with E-state index in [1.165, 1.54) is 18.9 Å². The standard InChI is InChI=1S/C22H22N2O4S/c1-27-21(26)15-10-12-24(13-11-15)20(25)17-7-3-2-6-16(17)14-29-22-23-18-8-4-5-9-19(18)28-22/h2-9,15H,10-14H2,1H3. The maximum absolute atomic E-state index is 13.1. The number of carbonyl (C=O) groups is 2. The van der Waals surface area contributed by atoms with Gasteiger partial charge >= 0.3 is 5.97 Å². The number of ether oxygens (including phenoxy) is 1. The van der Waals surface area contributed by atoms with Crippen molar-refractivity contribution in [3.63, 3.8) is 0 Å². The molecule has 29 heavy (non-hydrogen) atoms. The van der Waals surface area contributed by atoms with Gasteiger partial charge in [-0.05, 0) is 36.6 Å². The van der Waals surface area contributed by atoms with Crippen LogP contribution in [-0.2, 0) is 15.3 Å². The van der Waals surface area contributed by atoms with E-state index in [1.54, 1.807) is 0 Å². The largest absolute Gasteiger partial charge is 0.469 e. The van der Waals surface area contributed by atoms with E-state index in [9.17, 15) is 9.59 Å². The first-order valence-electron chi connectivity index (χ1n) is 9.59. The highest BCUT2D eigenvalue weighted by molar-refractivity contribution is 7.98. The van der Waals surface area contributed by atoms with E-state index in [0.29, 0.717) is 42.5 Å². The van der Waals surface area contributed by atoms with E-state index in [2.05, 4.69) is 4.98 Å². The summed E-state index contributed by atoms with van der Waals surface area (Å²) in [7, 11) is 1.41. The second-order valence-electron chi connectivity index (χ2n) is 6.98. The van der Waals surface area contributed by atoms with Crippen molar-refractivity contribution in [1.29, 1.82) is 0 Å². The van der Waals surface area contributed by atoms with Crippen molar-refractivity contribution in [2.45, 2.75) is 23.8 Å². The van der Waals surface area contributed by atoms with Crippen molar-refractivity contribution in [2.75, 3.05) is 20.2 Å². The Morgan fingerprint density at radius 3 is 2.62 bits per heavy atom. The summed E-state index contributed by atoms with van der Waals surface area (Å²) in [4.78, 5) is 31.1. The Kier molecular flexibility index (Phi) is 5.85. The summed E-state index contributed by atoms with van der Waals surface area (Å²) in [5.74, 6) is 0.288. The summed E-state index contributed by atoms with van der Waals surface area (Å²) in [5.41, 5.74) is 3.22. The average Bonchev–Trinajstić information content (AvgIpc) is 3.20. The molecule has 2 aromatic carbocycles. The summed E-state index contributed by atoms with van der Waals surface area (Å²) < 4.78 is 10.6. The van der Waals surface area contributed by atoms with Crippen LogP contribution in [-0.4, -0.2) is 42.0 Å². The van der Waals surface area contributed by atoms with Crippen molar-refractivity contribution < 1.29 is 18.7 Å². The van der Waals surface area contributed by atoms with Gasteiger partial charge in [-0.3, -0.25) is 9.59 Å². The van der Waals surface area contributed by atoms with E-state index in [1.807, 2.05) is 53.4 Å². The SMILES string of the molecule is COC(=O)C1CCN(C(=O)c2ccccc2CSc2nc3ccccc3o2)CC1. The molecule has 1 aliphatic rings. The predicted molar refractivity (Wildman–Crippen MR) is 111 cm³/mol. The van der Waals surface area contributed by atoms with Crippen LogP contribution in [0.15, 0.2) is 58.2 Å². The maximum Gasteiger partial charge on any atom is 0.308 e. The number of esters is 1. The number of hydrogen-bond acceptors (Lipinski definition) is 6. The first-order valence-corrected chi connectivity index (χ1v) is 10.6. The number of amides is 1. The van der Waals surface area contributed by atoms with Crippen molar-refractivity contribution in [3.8, 4) is 0 Å². The van der Waals surface area contributed by atoms with E-state index in [-0.39, 0.29) is 17.8 Å². The van der Waals surface area contributed by atoms with Crippen LogP contribution in [0.1, 0.15) is 28.8 Å². The minimum absolute atomic E-state index is 0.00193. The third-order valence-corrected chi connectivity index (χ3v) is 6.07. The Hall–Kier alpha value is -2.80. The molecule has 2 heterocycles. The molecular weight excluding hydrogens is 388 g/mol. The molecule has 150 valence electrons. The monoisotopic (exact) mass is 410 g/mol. The van der Waals surface area contributed by atoms with Crippen LogP contribution in [0, 0.1) is 5.92 Å². The predicted octanol–water partition coefficient (Wildman–Crippen LogP) is 4.15. The van der Waals surface area contributed by atoms with Crippen molar-refractivity contribution >= 4 is 34.7 Å². The van der Waals surface area contributed by atoms with Crippen LogP contribution in [0.2, 0.25) is 0 Å². The van der Waals surface area contributed by atoms with E-state index < -0.39 is 0 Å². The number of piperidine rings is 1. The van der Waals surface area contributed by atoms with E-state index in [0.717, 1.165) is 16.7 Å². The molecule has 0 aliphatic carbocycles. The molecule has 1 fully saturated rings. The second kappa shape index (κ2) is 8.69. The number of para-hydroxylation sites is 2. The number of nitrogens with zero attached hydrogens (tertiary/aromatic N) is 2. The molecule has 0 bridgehead atoms. The zero-order chi connectivity index (χ0) is 20.2. The van der Waals surface area contributed by atoms with Gasteiger partial charge in [0.2, 0.25) is 0 Å². The molecule has 1 aromatic heterocycles. The molecule has 7 heteroatoms. The lowest BCUT2D eigenvalue weighted by Crippen LogP contribution is -2.40. The Labute approximate surface area is 173 Å². The van der Waals surface area contributed by atoms with Crippen LogP contribution < -0.4 is 0 Å². The van der Waals surface area contributed by atoms with Gasteiger partial charge in [-0.15, -0.1) is 0 Å². The highest BCUT2D eigenvalue weighted by Gasteiger charge is 2.29.